The van der Waals surface area contributed by atoms with Crippen molar-refractivity contribution < 1.29 is 4.58 Å². The Bertz CT molecular complexity index is 119. The van der Waals surface area contributed by atoms with Crippen LogP contribution in [0.25, 0.3) is 0 Å². The molecule has 0 rings (SSSR count). The van der Waals surface area contributed by atoms with E-state index in [0.29, 0.717) is 0 Å². The molecule has 0 aliphatic heterocycles. The Morgan fingerprint density at radius 2 is 2.22 bits per heavy atom. The highest BCUT2D eigenvalue weighted by molar-refractivity contribution is 5.14. The summed E-state index contributed by atoms with van der Waals surface area (Å²) < 4.78 is 2.00. The van der Waals surface area contributed by atoms with Crippen LogP contribution in [0.5, 0.6) is 0 Å². The topological polar surface area (TPSA) is 3.01 Å². The van der Waals surface area contributed by atoms with Gasteiger partial charge in [0.2, 0.25) is 0 Å². The van der Waals surface area contributed by atoms with Crippen LogP contribution in [0.1, 0.15) is 19.8 Å². The second-order valence-corrected chi connectivity index (χ2v) is 2.07. The Kier molecular flexibility index (Phi) is 4.91. The Morgan fingerprint density at radius 1 is 1.56 bits per heavy atom. The van der Waals surface area contributed by atoms with Gasteiger partial charge in [0, 0.05) is 6.42 Å². The maximum atomic E-state index is 5.07. The van der Waals surface area contributed by atoms with Crippen LogP contribution >= 0.6 is 0 Å². The third-order valence-corrected chi connectivity index (χ3v) is 1.11. The summed E-state index contributed by atoms with van der Waals surface area (Å²) in [5.41, 5.74) is 0. The first-order valence-corrected chi connectivity index (χ1v) is 3.30. The normalized spacial score (nSPS) is 8.44. The quantitative estimate of drug-likeness (QED) is 0.300. The molecule has 0 aromatic rings. The van der Waals surface area contributed by atoms with E-state index >= 15 is 0 Å². The average Bonchev–Trinajstić information content (AvgIpc) is 1.85. The van der Waals surface area contributed by atoms with Gasteiger partial charge in [-0.3, -0.25) is 0 Å². The van der Waals surface area contributed by atoms with Gasteiger partial charge in [-0.15, -0.1) is 12.3 Å². The molecule has 0 fully saturated rings. The highest BCUT2D eigenvalue weighted by Gasteiger charge is 1.94. The van der Waals surface area contributed by atoms with Gasteiger partial charge in [-0.25, -0.2) is 4.58 Å². The molecule has 0 atom stereocenters. The smallest absolute Gasteiger partial charge is 0.153 e. The molecule has 1 heteroatoms. The lowest BCUT2D eigenvalue weighted by Gasteiger charge is -1.94. The van der Waals surface area contributed by atoms with Crippen LogP contribution < -0.4 is 0 Å². The number of hydrogen-bond acceptors (Lipinski definition) is 0. The van der Waals surface area contributed by atoms with Crippen LogP contribution in [0.2, 0.25) is 0 Å². The third kappa shape index (κ3) is 5.10. The van der Waals surface area contributed by atoms with Gasteiger partial charge >= 0.3 is 0 Å². The van der Waals surface area contributed by atoms with Gasteiger partial charge in [-0.2, -0.15) is 0 Å². The lowest BCUT2D eigenvalue weighted by atomic mass is 10.4. The third-order valence-electron chi connectivity index (χ3n) is 1.11. The summed E-state index contributed by atoms with van der Waals surface area (Å²) in [7, 11) is 0. The van der Waals surface area contributed by atoms with E-state index in [4.69, 9.17) is 6.42 Å². The zero-order chi connectivity index (χ0) is 7.11. The highest BCUT2D eigenvalue weighted by atomic mass is 15.0. The van der Waals surface area contributed by atoms with Crippen LogP contribution in [0.15, 0.2) is 0 Å². The minimum atomic E-state index is 0.809. The molecule has 0 aliphatic carbocycles. The SMILES string of the molecule is C#CCC[N+](=C)CCC. The van der Waals surface area contributed by atoms with Crippen LogP contribution in [0, 0.1) is 12.3 Å². The maximum absolute atomic E-state index is 5.07. The van der Waals surface area contributed by atoms with Crippen LogP contribution in [-0.2, 0) is 0 Å². The number of hydrogen-bond donors (Lipinski definition) is 0. The summed E-state index contributed by atoms with van der Waals surface area (Å²) in [6.45, 7) is 7.90. The van der Waals surface area contributed by atoms with E-state index in [1.165, 1.54) is 0 Å². The Morgan fingerprint density at radius 3 is 2.67 bits per heavy atom. The second kappa shape index (κ2) is 5.37. The van der Waals surface area contributed by atoms with Gasteiger partial charge in [0.1, 0.15) is 13.3 Å². The molecule has 50 valence electrons. The molecular formula is C8H14N+. The number of terminal acetylenes is 1. The van der Waals surface area contributed by atoms with E-state index in [9.17, 15) is 0 Å². The average molecular weight is 124 g/mol. The van der Waals surface area contributed by atoms with Gasteiger partial charge in [0.15, 0.2) is 6.54 Å². The summed E-state index contributed by atoms with van der Waals surface area (Å²) in [4.78, 5) is 0. The standard InChI is InChI=1S/C8H14N/c1-4-6-8-9(3)7-5-2/h1H,3,5-8H2,2H3/q+1. The molecule has 0 bridgehead atoms. The van der Waals surface area contributed by atoms with E-state index in [2.05, 4.69) is 19.6 Å². The minimum absolute atomic E-state index is 0.809. The number of rotatable bonds is 4. The van der Waals surface area contributed by atoms with Crippen LogP contribution in [0.4, 0.5) is 0 Å². The van der Waals surface area contributed by atoms with E-state index in [-0.39, 0.29) is 0 Å². The van der Waals surface area contributed by atoms with Crippen LogP contribution in [-0.4, -0.2) is 24.4 Å². The van der Waals surface area contributed by atoms with E-state index in [0.717, 1.165) is 25.9 Å². The fourth-order valence-electron chi connectivity index (χ4n) is 0.651. The first-order chi connectivity index (χ1) is 4.31. The molecule has 0 aromatic heterocycles. The van der Waals surface area contributed by atoms with Gasteiger partial charge in [-0.05, 0) is 0 Å². The monoisotopic (exact) mass is 124 g/mol. The summed E-state index contributed by atoms with van der Waals surface area (Å²) in [6, 6.07) is 0. The van der Waals surface area contributed by atoms with Crippen molar-refractivity contribution in [2.45, 2.75) is 19.8 Å². The first-order valence-electron chi connectivity index (χ1n) is 3.30. The first kappa shape index (κ1) is 8.23. The molecule has 0 N–H and O–H groups in total. The number of nitrogens with zero attached hydrogens (tertiary/aromatic N) is 1. The van der Waals surface area contributed by atoms with Gasteiger partial charge in [0.25, 0.3) is 0 Å². The minimum Gasteiger partial charge on any atom is -0.241 e. The van der Waals surface area contributed by atoms with Gasteiger partial charge < -0.3 is 0 Å². The van der Waals surface area contributed by atoms with E-state index < -0.39 is 0 Å². The molecule has 9 heavy (non-hydrogen) atoms. The molecule has 0 radical (unpaired) electrons. The van der Waals surface area contributed by atoms with Crippen molar-refractivity contribution >= 4 is 6.72 Å². The molecular weight excluding hydrogens is 110 g/mol. The van der Waals surface area contributed by atoms with Crippen molar-refractivity contribution in [3.05, 3.63) is 0 Å². The van der Waals surface area contributed by atoms with Crippen LogP contribution in [0.3, 0.4) is 0 Å². The summed E-state index contributed by atoms with van der Waals surface area (Å²) in [5.74, 6) is 2.58. The van der Waals surface area contributed by atoms with Gasteiger partial charge in [0.05, 0.1) is 6.42 Å². The van der Waals surface area contributed by atoms with E-state index in [1.54, 1.807) is 0 Å². The largest absolute Gasteiger partial charge is 0.241 e. The Hall–Kier alpha value is -0.770. The summed E-state index contributed by atoms with van der Waals surface area (Å²) in [5, 5.41) is 0. The molecule has 0 spiro atoms. The predicted molar refractivity (Wildman–Crippen MR) is 40.9 cm³/mol. The van der Waals surface area contributed by atoms with E-state index in [1.807, 2.05) is 4.58 Å². The van der Waals surface area contributed by atoms with Gasteiger partial charge in [-0.1, -0.05) is 6.92 Å². The lowest BCUT2D eigenvalue weighted by molar-refractivity contribution is -0.518. The fourth-order valence-corrected chi connectivity index (χ4v) is 0.651. The highest BCUT2D eigenvalue weighted by Crippen LogP contribution is 1.81. The second-order valence-electron chi connectivity index (χ2n) is 2.07. The van der Waals surface area contributed by atoms with Crippen molar-refractivity contribution in [2.24, 2.45) is 0 Å². The fraction of sp³-hybridized carbons (Fsp3) is 0.625. The predicted octanol–water partition coefficient (Wildman–Crippen LogP) is 1.13. The van der Waals surface area contributed by atoms with Crippen molar-refractivity contribution in [3.63, 3.8) is 0 Å². The Labute approximate surface area is 57.4 Å². The molecule has 0 saturated carbocycles. The van der Waals surface area contributed by atoms with Crippen molar-refractivity contribution in [1.82, 2.24) is 0 Å². The van der Waals surface area contributed by atoms with Crippen molar-refractivity contribution in [3.8, 4) is 12.3 Å². The molecule has 0 aliphatic rings. The molecule has 1 nitrogen and oxygen atoms in total. The van der Waals surface area contributed by atoms with Crippen molar-refractivity contribution in [1.29, 1.82) is 0 Å². The molecule has 0 heterocycles. The van der Waals surface area contributed by atoms with Crippen molar-refractivity contribution in [2.75, 3.05) is 13.1 Å². The zero-order valence-corrected chi connectivity index (χ0v) is 6.06. The molecule has 0 amide bonds. The Balaban J connectivity index is 3.19. The molecule has 0 saturated heterocycles. The molecule has 0 aromatic carbocycles. The summed E-state index contributed by atoms with van der Waals surface area (Å²) in [6.07, 6.45) is 7.02. The maximum Gasteiger partial charge on any atom is 0.153 e. The lowest BCUT2D eigenvalue weighted by Crippen LogP contribution is -2.11. The molecule has 0 unspecified atom stereocenters. The summed E-state index contributed by atoms with van der Waals surface area (Å²) >= 11 is 0. The zero-order valence-electron chi connectivity index (χ0n) is 6.06.